The first-order chi connectivity index (χ1) is 61.8. The Morgan fingerprint density at radius 3 is 1.02 bits per heavy atom. The van der Waals surface area contributed by atoms with E-state index in [1.54, 1.807) is 137 Å². The van der Waals surface area contributed by atoms with E-state index in [9.17, 15) is 103 Å². The predicted molar refractivity (Wildman–Crippen MR) is 481 cm³/mol. The van der Waals surface area contributed by atoms with Gasteiger partial charge in [-0.1, -0.05) is 79.0 Å². The van der Waals surface area contributed by atoms with Crippen molar-refractivity contribution in [1.82, 2.24) is 0 Å². The monoisotopic (exact) mass is 2040 g/mol. The molecule has 0 fully saturated rings. The van der Waals surface area contributed by atoms with Crippen molar-refractivity contribution in [2.45, 2.75) is 188 Å². The van der Waals surface area contributed by atoms with E-state index in [4.69, 9.17) is 84.3 Å². The molecule has 742 valence electrons. The second-order valence-corrected chi connectivity index (χ2v) is 31.9. The maximum atomic E-state index is 12.7. The zero-order valence-electron chi connectivity index (χ0n) is 75.6. The third kappa shape index (κ3) is 70.6. The SMILES string of the molecule is CC(C)(C)OC(=O)CCC(=O)O.CCCCNc1cc(C(=O)O)cc(S(N)(=O)=O)c1Oc1ccccc1.CCCCNc1cc(C(=O)OCC(=O)CCC(=O)OCC(=O)OCC)cc(S(N)(=O)=O)c1Oc1ccccc1.CCOC(=O)CBr.CCOC(=O)COC(=O)CCC(=O)CCl.CCOC(=O)COC(=O)CCC(=O)OC(C)(C)C.CCOC(=O)COC(=O)CN.O=C(Cl)CCl. The summed E-state index contributed by atoms with van der Waals surface area (Å²) >= 11 is 17.7. The summed E-state index contributed by atoms with van der Waals surface area (Å²) in [6.07, 6.45) is 2.26. The zero-order chi connectivity index (χ0) is 102. The van der Waals surface area contributed by atoms with Gasteiger partial charge in [0.15, 0.2) is 43.7 Å². The number of rotatable bonds is 47. The number of ketones is 2. The Kier molecular flexibility index (Phi) is 70.6. The maximum Gasteiger partial charge on any atom is 0.344 e. The second-order valence-electron chi connectivity index (χ2n) is 27.3. The van der Waals surface area contributed by atoms with Crippen molar-refractivity contribution in [3.05, 3.63) is 96.1 Å². The second kappa shape index (κ2) is 73.4. The van der Waals surface area contributed by atoms with Gasteiger partial charge in [-0.2, -0.15) is 0 Å². The number of carboxylic acids is 2. The van der Waals surface area contributed by atoms with Crippen LogP contribution in [0.25, 0.3) is 0 Å². The van der Waals surface area contributed by atoms with Crippen LogP contribution in [0.5, 0.6) is 23.0 Å². The van der Waals surface area contributed by atoms with E-state index in [2.05, 4.69) is 64.5 Å². The third-order valence-electron chi connectivity index (χ3n) is 13.8. The molecule has 4 rings (SSSR count). The lowest BCUT2D eigenvalue weighted by Crippen LogP contribution is -2.24. The highest BCUT2D eigenvalue weighted by Gasteiger charge is 2.28. The number of hydrogen-bond donors (Lipinski definition) is 7. The summed E-state index contributed by atoms with van der Waals surface area (Å²) in [6, 6.07) is 21.7. The molecule has 0 amide bonds. The first-order valence-electron chi connectivity index (χ1n) is 40.2. The van der Waals surface area contributed by atoms with E-state index in [0.717, 1.165) is 37.8 Å². The summed E-state index contributed by atoms with van der Waals surface area (Å²) in [5, 5.41) is 34.1. The van der Waals surface area contributed by atoms with E-state index in [0.29, 0.717) is 36.5 Å². The lowest BCUT2D eigenvalue weighted by atomic mass is 10.1. The molecule has 0 aromatic heterocycles. The summed E-state index contributed by atoms with van der Waals surface area (Å²) in [7, 11) is -8.54. The van der Waals surface area contributed by atoms with Gasteiger partial charge in [0.1, 0.15) is 50.2 Å². The van der Waals surface area contributed by atoms with Crippen LogP contribution >= 0.6 is 50.7 Å². The Morgan fingerprint density at radius 2 is 0.720 bits per heavy atom. The summed E-state index contributed by atoms with van der Waals surface area (Å²) in [4.78, 5) is 185. The van der Waals surface area contributed by atoms with Gasteiger partial charge >= 0.3 is 83.6 Å². The molecular weight excluding hydrogens is 1920 g/mol. The minimum absolute atomic E-state index is 0.0187. The number of ether oxygens (including phenoxy) is 14. The fourth-order valence-electron chi connectivity index (χ4n) is 8.25. The van der Waals surface area contributed by atoms with Gasteiger partial charge in [-0.05, 0) is 149 Å². The van der Waals surface area contributed by atoms with Gasteiger partial charge in [0.05, 0.1) is 112 Å². The van der Waals surface area contributed by atoms with Crippen LogP contribution in [0.4, 0.5) is 11.4 Å². The molecule has 0 bridgehead atoms. The molecule has 4 aromatic rings. The quantitative estimate of drug-likeness (QED) is 0.00710. The number of halogens is 4. The Bertz CT molecular complexity index is 4520. The lowest BCUT2D eigenvalue weighted by Gasteiger charge is -2.19. The van der Waals surface area contributed by atoms with Crippen LogP contribution in [0.15, 0.2) is 94.7 Å². The highest BCUT2D eigenvalue weighted by molar-refractivity contribution is 9.09. The van der Waals surface area contributed by atoms with Gasteiger partial charge in [0, 0.05) is 25.9 Å². The molecule has 0 aliphatic heterocycles. The number of nitrogens with two attached hydrogens (primary N) is 3. The van der Waals surface area contributed by atoms with E-state index < -0.39 is 151 Å². The number of Topliss-reactive ketones (excluding diaryl/α,β-unsaturated/α-hetero) is 2. The van der Waals surface area contributed by atoms with Crippen molar-refractivity contribution in [2.24, 2.45) is 16.0 Å². The smallest absolute Gasteiger partial charge is 0.344 e. The zero-order valence-corrected chi connectivity index (χ0v) is 81.1. The number of alkyl halides is 3. The van der Waals surface area contributed by atoms with Crippen LogP contribution < -0.4 is 36.1 Å². The average Bonchev–Trinajstić information content (AvgIpc) is 0.790. The minimum Gasteiger partial charge on any atom is -0.481 e. The van der Waals surface area contributed by atoms with Gasteiger partial charge in [-0.3, -0.25) is 52.7 Å². The number of para-hydroxylation sites is 2. The van der Waals surface area contributed by atoms with Crippen molar-refractivity contribution in [2.75, 3.05) is 113 Å². The average molecular weight is 2040 g/mol. The number of nitrogens with one attached hydrogen (secondary N) is 2. The number of carboxylic acid groups (broad SMARTS) is 2. The van der Waals surface area contributed by atoms with Gasteiger partial charge < -0.3 is 92.9 Å². The highest BCUT2D eigenvalue weighted by atomic mass is 79.9. The molecule has 48 heteroatoms. The van der Waals surface area contributed by atoms with E-state index in [1.165, 1.54) is 12.1 Å². The van der Waals surface area contributed by atoms with Gasteiger partial charge in [0.2, 0.25) is 25.3 Å². The molecule has 4 aromatic carbocycles. The molecule has 10 N–H and O–H groups in total. The van der Waals surface area contributed by atoms with E-state index in [-0.39, 0.29) is 153 Å². The number of aromatic carboxylic acids is 1. The first-order valence-corrected chi connectivity index (χ1v) is 45.9. The number of unbranched alkanes of at least 4 members (excludes halogenated alkanes) is 2. The third-order valence-corrected chi connectivity index (χ3v) is 16.9. The molecule has 0 saturated heterocycles. The Hall–Kier alpha value is -11.2. The van der Waals surface area contributed by atoms with Crippen molar-refractivity contribution in [3.63, 3.8) is 0 Å². The van der Waals surface area contributed by atoms with Crippen molar-refractivity contribution < 1.29 is 175 Å². The molecule has 0 aliphatic carbocycles. The summed E-state index contributed by atoms with van der Waals surface area (Å²) in [5.74, 6) is -9.89. The van der Waals surface area contributed by atoms with Crippen LogP contribution in [0.1, 0.15) is 188 Å². The largest absolute Gasteiger partial charge is 0.481 e. The molecule has 0 radical (unpaired) electrons. The number of carbonyl (C=O) groups excluding carboxylic acids is 15. The fraction of sp³-hybridized carbons (Fsp3) is 0.512. The predicted octanol–water partition coefficient (Wildman–Crippen LogP) is 10.1. The normalized spacial score (nSPS) is 10.3. The maximum absolute atomic E-state index is 12.7. The molecule has 0 atom stereocenters. The Labute approximate surface area is 789 Å². The number of anilines is 2. The molecule has 0 saturated carbocycles. The Balaban J connectivity index is -0.000000765. The molecule has 0 unspecified atom stereocenters. The van der Waals surface area contributed by atoms with Crippen molar-refractivity contribution >= 4 is 183 Å². The van der Waals surface area contributed by atoms with Crippen molar-refractivity contribution in [3.8, 4) is 23.0 Å². The number of sulfonamides is 2. The standard InChI is InChI=1S/C26H32N2O10S.C17H20N2O5S.C12H20O6.C9H13ClO5.C8H14O4.C6H11NO4.C4H7BrO2.C2H2Cl2O/c1-3-5-13-28-21-14-18(15-22(39(27,33)34)25(21)38-20-9-7-6-8-10-20)26(32)37-16-19(29)11-12-23(30)36-17-24(31)35-4-2;1-2-3-9-19-14-10-12(17(20)21)11-15(25(18,22)23)16(14)24-13-7-5-4-6-8-13;1-5-16-11(15)8-17-9(13)6-7-10(14)18-12(2,3)4;1-2-14-9(13)6-15-8(12)4-3-7(11)5-10;1-8(2,3)12-7(11)5-4-6(9)10;1-2-10-6(9)4-11-5(8)3-7;1-2-7-4(6)3-5;3-1-2(4)5/h6-10,14-15,28H,3-5,11-13,16-17H2,1-2H3,(H2,27,33,34);4-8,10-11,19H,2-3,9H2,1H3,(H,20,21)(H2,18,22,23);5-8H2,1-4H3;2-6H2,1H3;4-5H2,1-3H3,(H,9,10);2-4,7H2,1H3;2-3H2,1H3;1H2. The highest BCUT2D eigenvalue weighted by Crippen LogP contribution is 2.39. The number of primary sulfonamides is 2. The molecule has 132 heavy (non-hydrogen) atoms. The topological polar surface area (TPSA) is 630 Å². The Morgan fingerprint density at radius 1 is 0.402 bits per heavy atom. The first kappa shape index (κ1) is 127. The fourth-order valence-corrected chi connectivity index (χ4v) is 9.94. The van der Waals surface area contributed by atoms with Crippen LogP contribution in [0.2, 0.25) is 0 Å². The van der Waals surface area contributed by atoms with Gasteiger partial charge in [-0.15, -0.1) is 23.2 Å². The van der Waals surface area contributed by atoms with E-state index >= 15 is 0 Å². The van der Waals surface area contributed by atoms with Crippen LogP contribution in [-0.4, -0.2) is 241 Å². The van der Waals surface area contributed by atoms with Gasteiger partial charge in [0.25, 0.3) is 0 Å². The number of carbonyl (C=O) groups is 17. The van der Waals surface area contributed by atoms with E-state index in [1.807, 2.05) is 13.8 Å². The lowest BCUT2D eigenvalue weighted by molar-refractivity contribution is -0.161. The molecule has 42 nitrogen and oxygen atoms in total. The number of esters is 12. The summed E-state index contributed by atoms with van der Waals surface area (Å²) in [6.45, 7) is 22.5. The number of aliphatic carboxylic acids is 1. The number of hydrogen-bond acceptors (Lipinski definition) is 38. The molecule has 0 spiro atoms. The van der Waals surface area contributed by atoms with Gasteiger partial charge in [-0.25, -0.2) is 55.9 Å². The summed E-state index contributed by atoms with van der Waals surface area (Å²) in [5.41, 5.74) is 3.89. The molecule has 0 aliphatic rings. The molecule has 0 heterocycles. The number of benzene rings is 4. The van der Waals surface area contributed by atoms with Crippen LogP contribution in [-0.2, 0) is 149 Å². The minimum atomic E-state index is -4.35. The van der Waals surface area contributed by atoms with Crippen molar-refractivity contribution in [1.29, 1.82) is 0 Å². The van der Waals surface area contributed by atoms with Crippen LogP contribution in [0, 0.1) is 0 Å². The summed E-state index contributed by atoms with van der Waals surface area (Å²) < 4.78 is 116. The van der Waals surface area contributed by atoms with Crippen LogP contribution in [0.3, 0.4) is 0 Å². The molecular formula is C84H119BrCl3N5O37S2.